The Morgan fingerprint density at radius 2 is 1.64 bits per heavy atom. The van der Waals surface area contributed by atoms with Crippen LogP contribution in [0.4, 0.5) is 0 Å². The first-order valence-electron chi connectivity index (χ1n) is 13.1. The fourth-order valence-electron chi connectivity index (χ4n) is 4.57. The third-order valence-corrected chi connectivity index (χ3v) is 6.64. The van der Waals surface area contributed by atoms with Crippen molar-refractivity contribution < 1.29 is 14.3 Å². The second-order valence-corrected chi connectivity index (χ2v) is 9.62. The van der Waals surface area contributed by atoms with Crippen molar-refractivity contribution in [2.45, 2.75) is 26.0 Å². The van der Waals surface area contributed by atoms with Crippen molar-refractivity contribution in [2.24, 2.45) is 0 Å². The van der Waals surface area contributed by atoms with Crippen LogP contribution in [0.1, 0.15) is 30.8 Å². The largest absolute Gasteiger partial charge is 0.497 e. The molecule has 4 rings (SSSR count). The summed E-state index contributed by atoms with van der Waals surface area (Å²) in [5.74, 6) is 1.05. The molecule has 1 unspecified atom stereocenters. The second-order valence-electron chi connectivity index (χ2n) is 9.62. The summed E-state index contributed by atoms with van der Waals surface area (Å²) in [6, 6.07) is 23.9. The normalized spacial score (nSPS) is 12.0. The molecule has 8 nitrogen and oxygen atoms in total. The third-order valence-electron chi connectivity index (χ3n) is 6.64. The Balaban J connectivity index is 1.75. The number of methoxy groups -OCH3 is 1. The van der Waals surface area contributed by atoms with Crippen LogP contribution >= 0.6 is 0 Å². The van der Waals surface area contributed by atoms with Crippen LogP contribution in [0.15, 0.2) is 83.7 Å². The molecule has 8 heteroatoms. The number of hydrogen-bond donors (Lipinski definition) is 0. The molecule has 0 fully saturated rings. The SMILES string of the molecule is CCC(c1nc2ccccc2c(=O)n1-c1ccc(OC)cc1)N(CCN(C)C)C(=O)COCc1ccccc1. The molecule has 1 atom stereocenters. The quantitative estimate of drug-likeness (QED) is 0.270. The molecular formula is C31H36N4O4. The molecular weight excluding hydrogens is 492 g/mol. The molecule has 0 spiro atoms. The number of benzene rings is 3. The van der Waals surface area contributed by atoms with E-state index in [9.17, 15) is 9.59 Å². The van der Waals surface area contributed by atoms with Crippen LogP contribution in [-0.4, -0.2) is 66.2 Å². The second kappa shape index (κ2) is 13.2. The van der Waals surface area contributed by atoms with Crippen molar-refractivity contribution in [1.82, 2.24) is 19.4 Å². The van der Waals surface area contributed by atoms with Crippen LogP contribution < -0.4 is 10.3 Å². The van der Waals surface area contributed by atoms with Crippen LogP contribution in [0.3, 0.4) is 0 Å². The lowest BCUT2D eigenvalue weighted by Crippen LogP contribution is -2.43. The number of hydrogen-bond acceptors (Lipinski definition) is 6. The van der Waals surface area contributed by atoms with E-state index in [1.807, 2.05) is 98.7 Å². The van der Waals surface area contributed by atoms with Crippen molar-refractivity contribution in [2.75, 3.05) is 40.9 Å². The van der Waals surface area contributed by atoms with Crippen LogP contribution in [0.25, 0.3) is 16.6 Å². The maximum Gasteiger partial charge on any atom is 0.266 e. The summed E-state index contributed by atoms with van der Waals surface area (Å²) >= 11 is 0. The number of likely N-dealkylation sites (N-methyl/N-ethyl adjacent to an activating group) is 1. The predicted molar refractivity (Wildman–Crippen MR) is 153 cm³/mol. The highest BCUT2D eigenvalue weighted by molar-refractivity contribution is 5.79. The van der Waals surface area contributed by atoms with E-state index in [1.165, 1.54) is 0 Å². The number of fused-ring (bicyclic) bond motifs is 1. The summed E-state index contributed by atoms with van der Waals surface area (Å²) in [5.41, 5.74) is 2.08. The first kappa shape index (κ1) is 28.0. The van der Waals surface area contributed by atoms with Crippen LogP contribution in [0.5, 0.6) is 5.75 Å². The molecule has 0 aliphatic heterocycles. The van der Waals surface area contributed by atoms with Gasteiger partial charge in [0.15, 0.2) is 0 Å². The van der Waals surface area contributed by atoms with Gasteiger partial charge in [0.05, 0.1) is 36.3 Å². The zero-order chi connectivity index (χ0) is 27.8. The Morgan fingerprint density at radius 1 is 0.949 bits per heavy atom. The average molecular weight is 529 g/mol. The highest BCUT2D eigenvalue weighted by Crippen LogP contribution is 2.27. The molecule has 0 N–H and O–H groups in total. The Labute approximate surface area is 229 Å². The monoisotopic (exact) mass is 528 g/mol. The number of carbonyl (C=O) groups excluding carboxylic acids is 1. The van der Waals surface area contributed by atoms with Gasteiger partial charge in [0, 0.05) is 13.1 Å². The maximum absolute atomic E-state index is 13.9. The summed E-state index contributed by atoms with van der Waals surface area (Å²) in [4.78, 5) is 36.3. The topological polar surface area (TPSA) is 76.9 Å². The molecule has 3 aromatic carbocycles. The standard InChI is InChI=1S/C31H36N4O4/c1-5-28(34(20-19-33(2)3)29(36)22-39-21-23-11-7-6-8-12-23)30-32-27-14-10-9-13-26(27)31(37)35(30)24-15-17-25(38-4)18-16-24/h6-18,28H,5,19-22H2,1-4H3. The highest BCUT2D eigenvalue weighted by atomic mass is 16.5. The molecule has 0 aliphatic rings. The number of ether oxygens (including phenoxy) is 2. The van der Waals surface area contributed by atoms with Gasteiger partial charge in [0.2, 0.25) is 5.91 Å². The van der Waals surface area contributed by atoms with E-state index in [4.69, 9.17) is 14.5 Å². The molecule has 0 aliphatic carbocycles. The fourth-order valence-corrected chi connectivity index (χ4v) is 4.57. The van der Waals surface area contributed by atoms with Crippen molar-refractivity contribution in [3.63, 3.8) is 0 Å². The molecule has 0 saturated carbocycles. The lowest BCUT2D eigenvalue weighted by atomic mass is 10.1. The van der Waals surface area contributed by atoms with E-state index >= 15 is 0 Å². The third kappa shape index (κ3) is 6.71. The molecule has 39 heavy (non-hydrogen) atoms. The van der Waals surface area contributed by atoms with Crippen molar-refractivity contribution in [3.8, 4) is 11.4 Å². The summed E-state index contributed by atoms with van der Waals surface area (Å²) in [7, 11) is 5.54. The number of para-hydroxylation sites is 1. The van der Waals surface area contributed by atoms with Gasteiger partial charge in [-0.2, -0.15) is 0 Å². The van der Waals surface area contributed by atoms with Gasteiger partial charge in [-0.05, 0) is 62.5 Å². The minimum absolute atomic E-state index is 0.0703. The first-order chi connectivity index (χ1) is 18.9. The molecule has 0 radical (unpaired) electrons. The van der Waals surface area contributed by atoms with Crippen LogP contribution in [-0.2, 0) is 16.1 Å². The molecule has 1 aromatic heterocycles. The van der Waals surface area contributed by atoms with E-state index in [2.05, 4.69) is 0 Å². The van der Waals surface area contributed by atoms with Gasteiger partial charge in [0.1, 0.15) is 18.2 Å². The van der Waals surface area contributed by atoms with Crippen molar-refractivity contribution >= 4 is 16.8 Å². The zero-order valence-corrected chi connectivity index (χ0v) is 23.0. The zero-order valence-electron chi connectivity index (χ0n) is 23.0. The predicted octanol–water partition coefficient (Wildman–Crippen LogP) is 4.45. The Bertz CT molecular complexity index is 1430. The van der Waals surface area contributed by atoms with Crippen LogP contribution in [0.2, 0.25) is 0 Å². The Morgan fingerprint density at radius 3 is 2.31 bits per heavy atom. The smallest absolute Gasteiger partial charge is 0.266 e. The Kier molecular flexibility index (Phi) is 9.46. The molecule has 0 bridgehead atoms. The van der Waals surface area contributed by atoms with Gasteiger partial charge >= 0.3 is 0 Å². The number of rotatable bonds is 12. The van der Waals surface area contributed by atoms with E-state index in [0.717, 1.165) is 5.56 Å². The first-order valence-corrected chi connectivity index (χ1v) is 13.1. The van der Waals surface area contributed by atoms with E-state index < -0.39 is 6.04 Å². The van der Waals surface area contributed by atoms with Gasteiger partial charge in [-0.1, -0.05) is 49.4 Å². The maximum atomic E-state index is 13.9. The fraction of sp³-hybridized carbons (Fsp3) is 0.323. The summed E-state index contributed by atoms with van der Waals surface area (Å²) < 4.78 is 12.8. The molecule has 1 heterocycles. The van der Waals surface area contributed by atoms with Gasteiger partial charge in [0.25, 0.3) is 5.56 Å². The van der Waals surface area contributed by atoms with Gasteiger partial charge in [-0.15, -0.1) is 0 Å². The molecule has 4 aromatic rings. The van der Waals surface area contributed by atoms with Gasteiger partial charge < -0.3 is 19.3 Å². The van der Waals surface area contributed by atoms with Crippen molar-refractivity contribution in [3.05, 3.63) is 101 Å². The number of aromatic nitrogens is 2. The summed E-state index contributed by atoms with van der Waals surface area (Å²) in [5, 5.41) is 0.518. The lowest BCUT2D eigenvalue weighted by molar-refractivity contribution is -0.139. The summed E-state index contributed by atoms with van der Waals surface area (Å²) in [6.07, 6.45) is 0.568. The average Bonchev–Trinajstić information content (AvgIpc) is 2.96. The number of amides is 1. The molecule has 1 amide bonds. The van der Waals surface area contributed by atoms with Crippen LogP contribution in [0, 0.1) is 0 Å². The molecule has 0 saturated heterocycles. The van der Waals surface area contributed by atoms with Gasteiger partial charge in [-0.25, -0.2) is 4.98 Å². The minimum atomic E-state index is -0.447. The number of carbonyl (C=O) groups is 1. The van der Waals surface area contributed by atoms with E-state index in [0.29, 0.717) is 54.3 Å². The number of nitrogens with zero attached hydrogens (tertiary/aromatic N) is 4. The molecule has 204 valence electrons. The Hall–Kier alpha value is -4.01. The highest BCUT2D eigenvalue weighted by Gasteiger charge is 2.29. The van der Waals surface area contributed by atoms with Crippen molar-refractivity contribution in [1.29, 1.82) is 0 Å². The lowest BCUT2D eigenvalue weighted by Gasteiger charge is -2.33. The van der Waals surface area contributed by atoms with E-state index in [-0.39, 0.29) is 18.1 Å². The summed E-state index contributed by atoms with van der Waals surface area (Å²) in [6.45, 7) is 3.39. The minimum Gasteiger partial charge on any atom is -0.497 e. The van der Waals surface area contributed by atoms with E-state index in [1.54, 1.807) is 22.6 Å². The van der Waals surface area contributed by atoms with Gasteiger partial charge in [-0.3, -0.25) is 14.2 Å².